The Hall–Kier alpha value is -3.42. The van der Waals surface area contributed by atoms with E-state index < -0.39 is 23.8 Å². The SMILES string of the molecule is CCOC(=O)c1c(C)[nH]c(C(=O)OCCN2C(=O)c3ccccc3C2=O)c1C. The molecule has 0 spiro atoms. The molecular weight excluding hydrogens is 364 g/mol. The first-order valence-corrected chi connectivity index (χ1v) is 8.85. The molecule has 1 aromatic carbocycles. The monoisotopic (exact) mass is 384 g/mol. The molecule has 0 atom stereocenters. The van der Waals surface area contributed by atoms with Crippen LogP contribution in [0.4, 0.5) is 0 Å². The van der Waals surface area contributed by atoms with Crippen molar-refractivity contribution in [2.75, 3.05) is 19.8 Å². The van der Waals surface area contributed by atoms with Crippen molar-refractivity contribution in [1.29, 1.82) is 0 Å². The lowest BCUT2D eigenvalue weighted by atomic mass is 10.1. The van der Waals surface area contributed by atoms with Crippen LogP contribution in [0.3, 0.4) is 0 Å². The Kier molecular flexibility index (Phi) is 5.30. The molecule has 0 saturated heterocycles. The number of aryl methyl sites for hydroxylation is 1. The molecular formula is C20H20N2O6. The van der Waals surface area contributed by atoms with Crippen molar-refractivity contribution in [1.82, 2.24) is 9.88 Å². The van der Waals surface area contributed by atoms with Gasteiger partial charge in [0.05, 0.1) is 29.8 Å². The van der Waals surface area contributed by atoms with Crippen LogP contribution in [0.2, 0.25) is 0 Å². The molecule has 0 saturated carbocycles. The van der Waals surface area contributed by atoms with Crippen LogP contribution in [0.1, 0.15) is 59.7 Å². The number of carbonyl (C=O) groups excluding carboxylic acids is 4. The first kappa shape index (κ1) is 19.3. The fourth-order valence-electron chi connectivity index (χ4n) is 3.21. The Morgan fingerprint density at radius 2 is 1.61 bits per heavy atom. The summed E-state index contributed by atoms with van der Waals surface area (Å²) in [6.07, 6.45) is 0. The summed E-state index contributed by atoms with van der Waals surface area (Å²) in [5.41, 5.74) is 2.06. The number of benzene rings is 1. The molecule has 3 rings (SSSR count). The summed E-state index contributed by atoms with van der Waals surface area (Å²) in [7, 11) is 0. The number of nitrogens with zero attached hydrogens (tertiary/aromatic N) is 1. The van der Waals surface area contributed by atoms with Crippen LogP contribution in [-0.2, 0) is 9.47 Å². The third-order valence-electron chi connectivity index (χ3n) is 4.55. The molecule has 1 aromatic heterocycles. The Morgan fingerprint density at radius 1 is 1.00 bits per heavy atom. The Morgan fingerprint density at radius 3 is 2.18 bits per heavy atom. The topological polar surface area (TPSA) is 106 Å². The zero-order chi connectivity index (χ0) is 20.4. The average Bonchev–Trinajstić information content (AvgIpc) is 3.10. The van der Waals surface area contributed by atoms with E-state index in [0.29, 0.717) is 27.9 Å². The summed E-state index contributed by atoms with van der Waals surface area (Å²) in [6, 6.07) is 6.54. The van der Waals surface area contributed by atoms with Crippen molar-refractivity contribution >= 4 is 23.8 Å². The van der Waals surface area contributed by atoms with Gasteiger partial charge in [0.15, 0.2) is 0 Å². The van der Waals surface area contributed by atoms with Gasteiger partial charge < -0.3 is 14.5 Å². The van der Waals surface area contributed by atoms with E-state index in [9.17, 15) is 19.2 Å². The second-order valence-electron chi connectivity index (χ2n) is 6.29. The molecule has 28 heavy (non-hydrogen) atoms. The summed E-state index contributed by atoms with van der Waals surface area (Å²) in [6.45, 7) is 5.00. The first-order chi connectivity index (χ1) is 13.4. The lowest BCUT2D eigenvalue weighted by molar-refractivity contribution is 0.0415. The first-order valence-electron chi connectivity index (χ1n) is 8.85. The zero-order valence-electron chi connectivity index (χ0n) is 15.8. The summed E-state index contributed by atoms with van der Waals surface area (Å²) in [5, 5.41) is 0. The van der Waals surface area contributed by atoms with E-state index >= 15 is 0 Å². The van der Waals surface area contributed by atoms with Gasteiger partial charge in [0.1, 0.15) is 12.3 Å². The maximum Gasteiger partial charge on any atom is 0.355 e. The van der Waals surface area contributed by atoms with E-state index in [4.69, 9.17) is 9.47 Å². The average molecular weight is 384 g/mol. The third kappa shape index (κ3) is 3.28. The summed E-state index contributed by atoms with van der Waals surface area (Å²) in [5.74, 6) is -2.01. The number of rotatable bonds is 6. The van der Waals surface area contributed by atoms with Gasteiger partial charge in [-0.25, -0.2) is 9.59 Å². The highest BCUT2D eigenvalue weighted by Gasteiger charge is 2.35. The van der Waals surface area contributed by atoms with Crippen molar-refractivity contribution in [2.45, 2.75) is 20.8 Å². The van der Waals surface area contributed by atoms with Crippen LogP contribution >= 0.6 is 0 Å². The summed E-state index contributed by atoms with van der Waals surface area (Å²) >= 11 is 0. The largest absolute Gasteiger partial charge is 0.462 e. The fourth-order valence-corrected chi connectivity index (χ4v) is 3.21. The van der Waals surface area contributed by atoms with Crippen LogP contribution in [-0.4, -0.2) is 53.4 Å². The molecule has 0 fully saturated rings. The molecule has 0 unspecified atom stereocenters. The molecule has 0 radical (unpaired) electrons. The van der Waals surface area contributed by atoms with Crippen molar-refractivity contribution in [3.63, 3.8) is 0 Å². The molecule has 8 nitrogen and oxygen atoms in total. The Bertz CT molecular complexity index is 940. The maximum atomic E-state index is 12.4. The molecule has 2 heterocycles. The number of fused-ring (bicyclic) bond motifs is 1. The molecule has 146 valence electrons. The highest BCUT2D eigenvalue weighted by Crippen LogP contribution is 2.22. The van der Waals surface area contributed by atoms with Crippen LogP contribution in [0, 0.1) is 13.8 Å². The second-order valence-corrected chi connectivity index (χ2v) is 6.29. The number of H-pyrrole nitrogens is 1. The number of aromatic amines is 1. The highest BCUT2D eigenvalue weighted by atomic mass is 16.5. The quantitative estimate of drug-likeness (QED) is 0.605. The Balaban J connectivity index is 1.65. The second kappa shape index (κ2) is 7.67. The van der Waals surface area contributed by atoms with E-state index in [-0.39, 0.29) is 25.5 Å². The molecule has 2 amide bonds. The zero-order valence-corrected chi connectivity index (χ0v) is 15.8. The van der Waals surface area contributed by atoms with Crippen molar-refractivity contribution in [3.8, 4) is 0 Å². The lowest BCUT2D eigenvalue weighted by Gasteiger charge is -2.13. The number of nitrogens with one attached hydrogen (secondary N) is 1. The van der Waals surface area contributed by atoms with Gasteiger partial charge in [0.2, 0.25) is 0 Å². The van der Waals surface area contributed by atoms with E-state index in [0.717, 1.165) is 4.90 Å². The van der Waals surface area contributed by atoms with Crippen molar-refractivity contribution in [3.05, 3.63) is 57.9 Å². The van der Waals surface area contributed by atoms with E-state index in [1.54, 1.807) is 45.0 Å². The molecule has 1 aliphatic rings. The van der Waals surface area contributed by atoms with Gasteiger partial charge in [-0.05, 0) is 38.5 Å². The van der Waals surface area contributed by atoms with E-state index in [2.05, 4.69) is 4.98 Å². The van der Waals surface area contributed by atoms with Crippen LogP contribution in [0.15, 0.2) is 24.3 Å². The maximum absolute atomic E-state index is 12.4. The van der Waals surface area contributed by atoms with Crippen LogP contribution < -0.4 is 0 Å². The summed E-state index contributed by atoms with van der Waals surface area (Å²) < 4.78 is 10.2. The smallest absolute Gasteiger partial charge is 0.355 e. The number of ether oxygens (including phenoxy) is 2. The predicted octanol–water partition coefficient (Wildman–Crippen LogP) is 2.26. The fraction of sp³-hybridized carbons (Fsp3) is 0.300. The third-order valence-corrected chi connectivity index (χ3v) is 4.55. The van der Waals surface area contributed by atoms with Gasteiger partial charge in [-0.2, -0.15) is 0 Å². The summed E-state index contributed by atoms with van der Waals surface area (Å²) in [4.78, 5) is 52.9. The van der Waals surface area contributed by atoms with Crippen LogP contribution in [0.25, 0.3) is 0 Å². The molecule has 0 aliphatic carbocycles. The lowest BCUT2D eigenvalue weighted by Crippen LogP contribution is -2.33. The number of hydrogen-bond donors (Lipinski definition) is 1. The molecule has 2 aromatic rings. The van der Waals surface area contributed by atoms with E-state index in [1.807, 2.05) is 0 Å². The number of aromatic nitrogens is 1. The number of hydrogen-bond acceptors (Lipinski definition) is 6. The number of carbonyl (C=O) groups is 4. The Labute approximate surface area is 161 Å². The van der Waals surface area contributed by atoms with E-state index in [1.165, 1.54) is 0 Å². The van der Waals surface area contributed by atoms with Crippen molar-refractivity contribution in [2.24, 2.45) is 0 Å². The molecule has 0 bridgehead atoms. The minimum absolute atomic E-state index is 0.0540. The minimum atomic E-state index is -0.673. The normalized spacial score (nSPS) is 12.9. The number of esters is 2. The van der Waals surface area contributed by atoms with Gasteiger partial charge >= 0.3 is 11.9 Å². The van der Waals surface area contributed by atoms with Gasteiger partial charge in [0.25, 0.3) is 11.8 Å². The standard InChI is InChI=1S/C20H20N2O6/c1-4-27-19(25)15-11(2)16(21-12(15)3)20(26)28-10-9-22-17(23)13-7-5-6-8-14(13)18(22)24/h5-8,21H,4,9-10H2,1-3H3. The van der Waals surface area contributed by atoms with Gasteiger partial charge in [-0.3, -0.25) is 14.5 Å². The number of amides is 2. The van der Waals surface area contributed by atoms with Gasteiger partial charge in [-0.15, -0.1) is 0 Å². The minimum Gasteiger partial charge on any atom is -0.462 e. The molecule has 1 N–H and O–H groups in total. The van der Waals surface area contributed by atoms with Gasteiger partial charge in [0, 0.05) is 5.69 Å². The number of imide groups is 1. The van der Waals surface area contributed by atoms with Crippen LogP contribution in [0.5, 0.6) is 0 Å². The van der Waals surface area contributed by atoms with Gasteiger partial charge in [-0.1, -0.05) is 12.1 Å². The highest BCUT2D eigenvalue weighted by molar-refractivity contribution is 6.21. The predicted molar refractivity (Wildman–Crippen MR) is 98.3 cm³/mol. The molecule has 1 aliphatic heterocycles. The van der Waals surface area contributed by atoms with Crippen molar-refractivity contribution < 1.29 is 28.7 Å². The molecule has 8 heteroatoms.